The zero-order chi connectivity index (χ0) is 9.52. The van der Waals surface area contributed by atoms with Crippen molar-refractivity contribution >= 4 is 0 Å². The third kappa shape index (κ3) is 4.63. The SMILES string of the molecule is CC1CCOC1.CCC1CCOC1. The molecule has 78 valence electrons. The molecule has 0 aromatic carbocycles. The first-order valence-corrected chi connectivity index (χ1v) is 5.48. The molecule has 2 aliphatic heterocycles. The van der Waals surface area contributed by atoms with E-state index in [9.17, 15) is 0 Å². The van der Waals surface area contributed by atoms with Gasteiger partial charge < -0.3 is 9.47 Å². The largest absolute Gasteiger partial charge is 0.381 e. The summed E-state index contributed by atoms with van der Waals surface area (Å²) in [5.41, 5.74) is 0. The van der Waals surface area contributed by atoms with Gasteiger partial charge in [-0.1, -0.05) is 20.3 Å². The molecule has 0 aromatic rings. The van der Waals surface area contributed by atoms with E-state index in [0.717, 1.165) is 38.3 Å². The molecule has 0 aromatic heterocycles. The maximum atomic E-state index is 5.15. The summed E-state index contributed by atoms with van der Waals surface area (Å²) in [5.74, 6) is 1.70. The first kappa shape index (κ1) is 11.0. The molecule has 0 bridgehead atoms. The molecule has 0 N–H and O–H groups in total. The maximum Gasteiger partial charge on any atom is 0.0495 e. The second-order valence-electron chi connectivity index (χ2n) is 4.11. The van der Waals surface area contributed by atoms with Gasteiger partial charge in [0.15, 0.2) is 0 Å². The molecule has 0 spiro atoms. The fraction of sp³-hybridized carbons (Fsp3) is 1.00. The predicted octanol–water partition coefficient (Wildman–Crippen LogP) is 2.48. The average Bonchev–Trinajstić information content (AvgIpc) is 2.76. The molecular weight excluding hydrogens is 164 g/mol. The van der Waals surface area contributed by atoms with Crippen molar-refractivity contribution in [2.75, 3.05) is 26.4 Å². The van der Waals surface area contributed by atoms with Gasteiger partial charge in [0, 0.05) is 26.4 Å². The zero-order valence-electron chi connectivity index (χ0n) is 8.92. The second-order valence-corrected chi connectivity index (χ2v) is 4.11. The number of ether oxygens (including phenoxy) is 2. The molecule has 0 saturated carbocycles. The van der Waals surface area contributed by atoms with Crippen LogP contribution in [0, 0.1) is 11.8 Å². The Hall–Kier alpha value is -0.0800. The van der Waals surface area contributed by atoms with Gasteiger partial charge >= 0.3 is 0 Å². The lowest BCUT2D eigenvalue weighted by Gasteiger charge is -1.97. The number of hydrogen-bond donors (Lipinski definition) is 0. The topological polar surface area (TPSA) is 18.5 Å². The van der Waals surface area contributed by atoms with E-state index in [4.69, 9.17) is 9.47 Å². The summed E-state index contributed by atoms with van der Waals surface area (Å²) in [5, 5.41) is 0. The van der Waals surface area contributed by atoms with Gasteiger partial charge in [0.1, 0.15) is 0 Å². The van der Waals surface area contributed by atoms with Gasteiger partial charge in [-0.2, -0.15) is 0 Å². The highest BCUT2D eigenvalue weighted by atomic mass is 16.5. The van der Waals surface area contributed by atoms with Gasteiger partial charge in [-0.25, -0.2) is 0 Å². The van der Waals surface area contributed by atoms with Crippen LogP contribution in [0.4, 0.5) is 0 Å². The second kappa shape index (κ2) is 6.39. The standard InChI is InChI=1S/C6H12O.C5H10O/c1-2-6-3-4-7-5-6;1-5-2-3-6-4-5/h6H,2-5H2,1H3;5H,2-4H2,1H3. The molecule has 2 saturated heterocycles. The molecule has 0 aliphatic carbocycles. The van der Waals surface area contributed by atoms with Gasteiger partial charge in [0.2, 0.25) is 0 Å². The Morgan fingerprint density at radius 2 is 1.77 bits per heavy atom. The van der Waals surface area contributed by atoms with Crippen LogP contribution in [-0.2, 0) is 9.47 Å². The summed E-state index contributed by atoms with van der Waals surface area (Å²) in [6, 6.07) is 0. The van der Waals surface area contributed by atoms with Crippen molar-refractivity contribution < 1.29 is 9.47 Å². The van der Waals surface area contributed by atoms with Crippen molar-refractivity contribution in [3.05, 3.63) is 0 Å². The minimum Gasteiger partial charge on any atom is -0.381 e. The van der Waals surface area contributed by atoms with E-state index >= 15 is 0 Å². The van der Waals surface area contributed by atoms with E-state index < -0.39 is 0 Å². The number of rotatable bonds is 1. The van der Waals surface area contributed by atoms with Crippen LogP contribution in [0.15, 0.2) is 0 Å². The van der Waals surface area contributed by atoms with Gasteiger partial charge in [0.05, 0.1) is 0 Å². The fourth-order valence-electron chi connectivity index (χ4n) is 1.56. The lowest BCUT2D eigenvalue weighted by molar-refractivity contribution is 0.185. The molecule has 2 rings (SSSR count). The van der Waals surface area contributed by atoms with Crippen LogP contribution in [0.2, 0.25) is 0 Å². The van der Waals surface area contributed by atoms with E-state index in [-0.39, 0.29) is 0 Å². The minimum absolute atomic E-state index is 0.824. The van der Waals surface area contributed by atoms with Crippen LogP contribution in [0.5, 0.6) is 0 Å². The molecular formula is C11H22O2. The van der Waals surface area contributed by atoms with E-state index in [1.807, 2.05) is 0 Å². The fourth-order valence-corrected chi connectivity index (χ4v) is 1.56. The Balaban J connectivity index is 0.000000132. The maximum absolute atomic E-state index is 5.15. The Morgan fingerprint density at radius 1 is 1.08 bits per heavy atom. The Kier molecular flexibility index (Phi) is 5.40. The van der Waals surface area contributed by atoms with Gasteiger partial charge in [-0.05, 0) is 24.7 Å². The van der Waals surface area contributed by atoms with Crippen molar-refractivity contribution in [1.82, 2.24) is 0 Å². The molecule has 2 heteroatoms. The highest BCUT2D eigenvalue weighted by molar-refractivity contribution is 4.60. The monoisotopic (exact) mass is 186 g/mol. The van der Waals surface area contributed by atoms with Crippen LogP contribution in [0.25, 0.3) is 0 Å². The molecule has 13 heavy (non-hydrogen) atoms. The molecule has 2 heterocycles. The summed E-state index contributed by atoms with van der Waals surface area (Å²) in [7, 11) is 0. The summed E-state index contributed by atoms with van der Waals surface area (Å²) >= 11 is 0. The Labute approximate surface area is 81.6 Å². The first-order chi connectivity index (χ1) is 6.33. The van der Waals surface area contributed by atoms with Gasteiger partial charge in [-0.3, -0.25) is 0 Å². The molecule has 0 amide bonds. The predicted molar refractivity (Wildman–Crippen MR) is 53.8 cm³/mol. The molecule has 0 radical (unpaired) electrons. The van der Waals surface area contributed by atoms with Crippen molar-refractivity contribution in [1.29, 1.82) is 0 Å². The first-order valence-electron chi connectivity index (χ1n) is 5.48. The van der Waals surface area contributed by atoms with Gasteiger partial charge in [0.25, 0.3) is 0 Å². The van der Waals surface area contributed by atoms with Crippen LogP contribution < -0.4 is 0 Å². The van der Waals surface area contributed by atoms with E-state index in [2.05, 4.69) is 13.8 Å². The summed E-state index contributed by atoms with van der Waals surface area (Å²) < 4.78 is 10.2. The van der Waals surface area contributed by atoms with Crippen LogP contribution >= 0.6 is 0 Å². The normalized spacial score (nSPS) is 32.8. The summed E-state index contributed by atoms with van der Waals surface area (Å²) in [6.45, 7) is 8.42. The van der Waals surface area contributed by atoms with Crippen molar-refractivity contribution in [2.24, 2.45) is 11.8 Å². The van der Waals surface area contributed by atoms with Crippen LogP contribution in [0.3, 0.4) is 0 Å². The van der Waals surface area contributed by atoms with Crippen molar-refractivity contribution in [2.45, 2.75) is 33.1 Å². The highest BCUT2D eigenvalue weighted by Gasteiger charge is 2.11. The third-order valence-electron chi connectivity index (χ3n) is 2.76. The molecule has 2 nitrogen and oxygen atoms in total. The van der Waals surface area contributed by atoms with E-state index in [1.54, 1.807) is 0 Å². The molecule has 2 atom stereocenters. The molecule has 2 fully saturated rings. The van der Waals surface area contributed by atoms with Crippen molar-refractivity contribution in [3.8, 4) is 0 Å². The minimum atomic E-state index is 0.824. The van der Waals surface area contributed by atoms with E-state index in [0.29, 0.717) is 0 Å². The smallest absolute Gasteiger partial charge is 0.0495 e. The zero-order valence-corrected chi connectivity index (χ0v) is 8.92. The summed E-state index contributed by atoms with van der Waals surface area (Å²) in [4.78, 5) is 0. The molecule has 2 unspecified atom stereocenters. The lowest BCUT2D eigenvalue weighted by Crippen LogP contribution is -1.94. The van der Waals surface area contributed by atoms with Crippen LogP contribution in [-0.4, -0.2) is 26.4 Å². The molecule has 2 aliphatic rings. The number of hydrogen-bond acceptors (Lipinski definition) is 2. The summed E-state index contributed by atoms with van der Waals surface area (Å²) in [6.07, 6.45) is 3.84. The van der Waals surface area contributed by atoms with E-state index in [1.165, 1.54) is 19.3 Å². The quantitative estimate of drug-likeness (QED) is 0.626. The van der Waals surface area contributed by atoms with Crippen molar-refractivity contribution in [3.63, 3.8) is 0 Å². The Morgan fingerprint density at radius 3 is 2.00 bits per heavy atom. The Bertz CT molecular complexity index is 113. The highest BCUT2D eigenvalue weighted by Crippen LogP contribution is 2.14. The lowest BCUT2D eigenvalue weighted by atomic mass is 10.1. The average molecular weight is 186 g/mol. The van der Waals surface area contributed by atoms with Gasteiger partial charge in [-0.15, -0.1) is 0 Å². The third-order valence-corrected chi connectivity index (χ3v) is 2.76. The van der Waals surface area contributed by atoms with Crippen LogP contribution in [0.1, 0.15) is 33.1 Å².